The van der Waals surface area contributed by atoms with Crippen LogP contribution in [0.1, 0.15) is 13.8 Å². The van der Waals surface area contributed by atoms with Gasteiger partial charge in [0, 0.05) is 24.6 Å². The van der Waals surface area contributed by atoms with Crippen LogP contribution in [0.25, 0.3) is 22.3 Å². The molecule has 0 spiro atoms. The Balaban J connectivity index is 1.54. The van der Waals surface area contributed by atoms with Crippen molar-refractivity contribution in [2.24, 2.45) is 0 Å². The second kappa shape index (κ2) is 13.5. The Labute approximate surface area is 265 Å². The summed E-state index contributed by atoms with van der Waals surface area (Å²) in [5.74, 6) is -3.30. The van der Waals surface area contributed by atoms with Crippen LogP contribution in [-0.4, -0.2) is 122 Å². The fourth-order valence-corrected chi connectivity index (χ4v) is 5.30. The minimum Gasteiger partial charge on any atom is -0.508 e. The molecule has 0 radical (unpaired) electrons. The normalized spacial score (nSPS) is 31.0. The van der Waals surface area contributed by atoms with Crippen molar-refractivity contribution in [3.8, 4) is 40.1 Å². The van der Waals surface area contributed by atoms with Crippen molar-refractivity contribution in [3.05, 3.63) is 40.6 Å². The molecule has 0 aliphatic carbocycles. The number of ether oxygens (including phenoxy) is 6. The zero-order valence-electron chi connectivity index (χ0n) is 25.1. The van der Waals surface area contributed by atoms with E-state index in [-0.39, 0.29) is 28.4 Å². The standard InChI is InChI=1S/C30H34O17/c1-10-20(35)23(38)25(40)29(43-10)42-9-18-21(36)24(39)28(44-11(2)31)30(46-18)47-27-22(37)19-15(34)7-13(32)8-17(19)45-26(27)12-4-5-14(33)16(6-12)41-3/h4-8,10,18,20-21,23-25,28-30,32-36,38-40H,9H2,1-3H3/t10-,18+,20-,21-,23+,24+,25-,28-,29-,30-/m0/s1. The zero-order chi connectivity index (χ0) is 34.3. The van der Waals surface area contributed by atoms with Crippen LogP contribution in [0.3, 0.4) is 0 Å². The van der Waals surface area contributed by atoms with Gasteiger partial charge in [-0.3, -0.25) is 9.59 Å². The predicted octanol–water partition coefficient (Wildman–Crippen LogP) is -0.813. The predicted molar refractivity (Wildman–Crippen MR) is 155 cm³/mol. The lowest BCUT2D eigenvalue weighted by molar-refractivity contribution is -0.319. The average molecular weight is 667 g/mol. The summed E-state index contributed by atoms with van der Waals surface area (Å²) in [6.45, 7) is 1.82. The second-order valence-electron chi connectivity index (χ2n) is 11.0. The van der Waals surface area contributed by atoms with Gasteiger partial charge in [-0.2, -0.15) is 0 Å². The smallest absolute Gasteiger partial charge is 0.303 e. The summed E-state index contributed by atoms with van der Waals surface area (Å²) < 4.78 is 38.9. The van der Waals surface area contributed by atoms with Crippen molar-refractivity contribution < 1.29 is 78.5 Å². The van der Waals surface area contributed by atoms with Gasteiger partial charge in [0.15, 0.2) is 29.7 Å². The van der Waals surface area contributed by atoms with E-state index in [9.17, 15) is 50.4 Å². The fraction of sp³-hybridized carbons (Fsp3) is 0.467. The number of benzene rings is 2. The Kier molecular flexibility index (Phi) is 9.81. The molecule has 2 aliphatic rings. The van der Waals surface area contributed by atoms with Gasteiger partial charge in [0.2, 0.25) is 17.5 Å². The van der Waals surface area contributed by atoms with Crippen molar-refractivity contribution in [1.29, 1.82) is 0 Å². The molecule has 3 heterocycles. The van der Waals surface area contributed by atoms with Crippen LogP contribution in [0.15, 0.2) is 39.5 Å². The first-order valence-electron chi connectivity index (χ1n) is 14.3. The van der Waals surface area contributed by atoms with E-state index in [1.807, 2.05) is 0 Å². The maximum absolute atomic E-state index is 13.9. The number of methoxy groups -OCH3 is 1. The molecule has 2 saturated heterocycles. The van der Waals surface area contributed by atoms with E-state index >= 15 is 0 Å². The number of aliphatic hydroxyl groups is 5. The molecule has 2 aromatic carbocycles. The third-order valence-corrected chi connectivity index (χ3v) is 7.77. The summed E-state index contributed by atoms with van der Waals surface area (Å²) in [6.07, 6.45) is -16.0. The number of fused-ring (bicyclic) bond motifs is 1. The Morgan fingerprint density at radius 1 is 0.872 bits per heavy atom. The molecular formula is C30H34O17. The number of carbonyl (C=O) groups excluding carboxylic acids is 1. The van der Waals surface area contributed by atoms with Crippen LogP contribution in [0.4, 0.5) is 0 Å². The highest BCUT2D eigenvalue weighted by atomic mass is 16.7. The molecule has 0 amide bonds. The number of aliphatic hydroxyl groups excluding tert-OH is 5. The van der Waals surface area contributed by atoms with Crippen molar-refractivity contribution in [3.63, 3.8) is 0 Å². The maximum atomic E-state index is 13.9. The highest BCUT2D eigenvalue weighted by Gasteiger charge is 2.50. The minimum absolute atomic E-state index is 0.0310. The molecule has 17 nitrogen and oxygen atoms in total. The van der Waals surface area contributed by atoms with Gasteiger partial charge in [-0.1, -0.05) is 0 Å². The SMILES string of the molecule is COc1cc(-c2oc3cc(O)cc(O)c3c(=O)c2O[C@@H]2O[C@H](CO[C@H]3O[C@@H](C)[C@H](O)[C@@H](O)[C@@H]3O)[C@H](O)[C@@H](O)[C@@H]2OC(C)=O)ccc1O. The molecule has 17 heteroatoms. The van der Waals surface area contributed by atoms with Gasteiger partial charge >= 0.3 is 5.97 Å². The van der Waals surface area contributed by atoms with Gasteiger partial charge in [-0.25, -0.2) is 0 Å². The lowest BCUT2D eigenvalue weighted by Gasteiger charge is -2.43. The van der Waals surface area contributed by atoms with Crippen molar-refractivity contribution >= 4 is 16.9 Å². The molecule has 5 rings (SSSR count). The number of phenols is 3. The lowest BCUT2D eigenvalue weighted by atomic mass is 9.98. The van der Waals surface area contributed by atoms with Crippen molar-refractivity contribution in [2.75, 3.05) is 13.7 Å². The van der Waals surface area contributed by atoms with Crippen LogP contribution in [-0.2, 0) is 23.7 Å². The lowest BCUT2D eigenvalue weighted by Crippen LogP contribution is -2.62. The molecule has 0 unspecified atom stereocenters. The molecule has 1 aromatic heterocycles. The number of hydrogen-bond acceptors (Lipinski definition) is 17. The van der Waals surface area contributed by atoms with Gasteiger partial charge in [0.1, 0.15) is 59.1 Å². The van der Waals surface area contributed by atoms with Crippen LogP contribution in [0.2, 0.25) is 0 Å². The largest absolute Gasteiger partial charge is 0.508 e. The highest BCUT2D eigenvalue weighted by molar-refractivity contribution is 5.88. The Hall–Kier alpha value is -4.20. The maximum Gasteiger partial charge on any atom is 0.303 e. The molecule has 2 aliphatic heterocycles. The van der Waals surface area contributed by atoms with E-state index in [1.54, 1.807) is 0 Å². The number of esters is 1. The summed E-state index contributed by atoms with van der Waals surface area (Å²) in [7, 11) is 1.28. The molecule has 8 N–H and O–H groups in total. The van der Waals surface area contributed by atoms with Gasteiger partial charge in [0.05, 0.1) is 19.8 Å². The minimum atomic E-state index is -1.90. The molecule has 2 fully saturated rings. The number of aromatic hydroxyl groups is 3. The average Bonchev–Trinajstić information content (AvgIpc) is 3.02. The van der Waals surface area contributed by atoms with Crippen molar-refractivity contribution in [2.45, 2.75) is 75.3 Å². The van der Waals surface area contributed by atoms with Crippen LogP contribution < -0.4 is 14.9 Å². The number of rotatable bonds is 8. The Bertz CT molecular complexity index is 1670. The van der Waals surface area contributed by atoms with Crippen LogP contribution in [0, 0.1) is 0 Å². The van der Waals surface area contributed by atoms with Gasteiger partial charge < -0.3 is 73.7 Å². The third kappa shape index (κ3) is 6.65. The first-order valence-corrected chi connectivity index (χ1v) is 14.3. The summed E-state index contributed by atoms with van der Waals surface area (Å²) in [5.41, 5.74) is -1.17. The van der Waals surface area contributed by atoms with E-state index in [0.29, 0.717) is 0 Å². The summed E-state index contributed by atoms with van der Waals surface area (Å²) >= 11 is 0. The van der Waals surface area contributed by atoms with Crippen LogP contribution >= 0.6 is 0 Å². The van der Waals surface area contributed by atoms with E-state index in [4.69, 9.17) is 32.8 Å². The Morgan fingerprint density at radius 2 is 1.60 bits per heavy atom. The molecule has 10 atom stereocenters. The number of hydrogen-bond donors (Lipinski definition) is 8. The van der Waals surface area contributed by atoms with Crippen LogP contribution in [0.5, 0.6) is 28.7 Å². The van der Waals surface area contributed by atoms with E-state index in [1.165, 1.54) is 32.2 Å². The highest BCUT2D eigenvalue weighted by Crippen LogP contribution is 2.40. The molecule has 256 valence electrons. The monoisotopic (exact) mass is 666 g/mol. The summed E-state index contributed by atoms with van der Waals surface area (Å²) in [4.78, 5) is 25.9. The second-order valence-corrected chi connectivity index (χ2v) is 11.0. The third-order valence-electron chi connectivity index (χ3n) is 7.77. The molecule has 0 saturated carbocycles. The first-order chi connectivity index (χ1) is 22.2. The zero-order valence-corrected chi connectivity index (χ0v) is 25.1. The molecule has 0 bridgehead atoms. The van der Waals surface area contributed by atoms with Crippen molar-refractivity contribution in [1.82, 2.24) is 0 Å². The van der Waals surface area contributed by atoms with E-state index < -0.39 is 102 Å². The number of phenolic OH excluding ortho intramolecular Hbond substituents is 3. The van der Waals surface area contributed by atoms with E-state index in [0.717, 1.165) is 19.1 Å². The number of carbonyl (C=O) groups is 1. The summed E-state index contributed by atoms with van der Waals surface area (Å²) in [6, 6.07) is 5.80. The topological polar surface area (TPSA) is 264 Å². The van der Waals surface area contributed by atoms with Gasteiger partial charge in [-0.15, -0.1) is 0 Å². The fourth-order valence-electron chi connectivity index (χ4n) is 5.30. The quantitative estimate of drug-likeness (QED) is 0.137. The molecule has 3 aromatic rings. The van der Waals surface area contributed by atoms with Gasteiger partial charge in [-0.05, 0) is 25.1 Å². The Morgan fingerprint density at radius 3 is 2.28 bits per heavy atom. The van der Waals surface area contributed by atoms with Gasteiger partial charge in [0.25, 0.3) is 0 Å². The first kappa shape index (κ1) is 34.1. The molecular weight excluding hydrogens is 632 g/mol. The van der Waals surface area contributed by atoms with E-state index in [2.05, 4.69) is 0 Å². The summed E-state index contributed by atoms with van der Waals surface area (Å²) in [5, 5.41) is 82.5. The molecule has 47 heavy (non-hydrogen) atoms.